The van der Waals surface area contributed by atoms with Gasteiger partial charge in [-0.25, -0.2) is 4.98 Å². The van der Waals surface area contributed by atoms with Crippen molar-refractivity contribution in [3.63, 3.8) is 0 Å². The van der Waals surface area contributed by atoms with E-state index in [1.807, 2.05) is 12.1 Å². The highest BCUT2D eigenvalue weighted by molar-refractivity contribution is 5.98. The van der Waals surface area contributed by atoms with Crippen LogP contribution in [0.25, 0.3) is 33.3 Å². The first-order valence-corrected chi connectivity index (χ1v) is 9.00. The van der Waals surface area contributed by atoms with Gasteiger partial charge in [-0.1, -0.05) is 62.4 Å². The van der Waals surface area contributed by atoms with Crippen molar-refractivity contribution < 1.29 is 4.74 Å². The van der Waals surface area contributed by atoms with E-state index in [0.29, 0.717) is 0 Å². The Bertz CT molecular complexity index is 1240. The largest absolute Gasteiger partial charge is 0.454 e. The van der Waals surface area contributed by atoms with Crippen LogP contribution in [0.15, 0.2) is 66.7 Å². The minimum absolute atomic E-state index is 0.0333. The Morgan fingerprint density at radius 2 is 1.54 bits per heavy atom. The molecule has 4 aromatic rings. The fourth-order valence-corrected chi connectivity index (χ4v) is 4.57. The second-order valence-electron chi connectivity index (χ2n) is 7.66. The van der Waals surface area contributed by atoms with Crippen molar-refractivity contribution in [1.82, 2.24) is 4.98 Å². The highest BCUT2D eigenvalue weighted by Crippen LogP contribution is 2.58. The maximum absolute atomic E-state index is 6.44. The molecule has 2 heterocycles. The van der Waals surface area contributed by atoms with Crippen molar-refractivity contribution >= 4 is 10.9 Å². The average Bonchev–Trinajstić information content (AvgIpc) is 2.81. The number of hydrogen-bond acceptors (Lipinski definition) is 2. The van der Waals surface area contributed by atoms with E-state index in [0.717, 1.165) is 28.1 Å². The summed E-state index contributed by atoms with van der Waals surface area (Å²) in [5.41, 5.74) is 8.25. The summed E-state index contributed by atoms with van der Waals surface area (Å²) >= 11 is 0. The lowest BCUT2D eigenvalue weighted by Gasteiger charge is -2.22. The molecule has 1 aromatic heterocycles. The lowest BCUT2D eigenvalue weighted by molar-refractivity contribution is 0.485. The van der Waals surface area contributed by atoms with Gasteiger partial charge < -0.3 is 4.74 Å². The van der Waals surface area contributed by atoms with Gasteiger partial charge in [-0.15, -0.1) is 0 Å². The molecule has 0 bridgehead atoms. The third-order valence-electron chi connectivity index (χ3n) is 5.85. The van der Waals surface area contributed by atoms with Crippen LogP contribution in [0.2, 0.25) is 0 Å². The molecule has 0 amide bonds. The van der Waals surface area contributed by atoms with Gasteiger partial charge in [0.25, 0.3) is 0 Å². The SMILES string of the molecule is CC1(C)c2cccc3c2-c2c(cccc21)-c1nc2ccccc2cc1O3. The first kappa shape index (κ1) is 14.1. The molecule has 0 atom stereocenters. The zero-order chi connectivity index (χ0) is 17.5. The number of benzene rings is 3. The number of fused-ring (bicyclic) bond motifs is 3. The zero-order valence-electron chi connectivity index (χ0n) is 14.7. The van der Waals surface area contributed by atoms with E-state index >= 15 is 0 Å². The first-order valence-electron chi connectivity index (χ1n) is 9.00. The van der Waals surface area contributed by atoms with Crippen LogP contribution in [0, 0.1) is 0 Å². The molecule has 0 radical (unpaired) electrons. The van der Waals surface area contributed by atoms with Gasteiger partial charge in [-0.05, 0) is 34.9 Å². The summed E-state index contributed by atoms with van der Waals surface area (Å²) in [6.07, 6.45) is 0. The van der Waals surface area contributed by atoms with E-state index in [-0.39, 0.29) is 5.41 Å². The second-order valence-corrected chi connectivity index (χ2v) is 7.66. The third-order valence-corrected chi connectivity index (χ3v) is 5.85. The maximum Gasteiger partial charge on any atom is 0.154 e. The Morgan fingerprint density at radius 1 is 0.769 bits per heavy atom. The predicted molar refractivity (Wildman–Crippen MR) is 105 cm³/mol. The Hall–Kier alpha value is -3.13. The smallest absolute Gasteiger partial charge is 0.154 e. The molecule has 0 N–H and O–H groups in total. The molecule has 6 rings (SSSR count). The fraction of sp³-hybridized carbons (Fsp3) is 0.125. The molecule has 0 saturated carbocycles. The Kier molecular flexibility index (Phi) is 2.45. The van der Waals surface area contributed by atoms with E-state index in [1.165, 1.54) is 27.8 Å². The molecule has 2 aliphatic rings. The molecule has 0 unspecified atom stereocenters. The number of pyridine rings is 1. The van der Waals surface area contributed by atoms with Crippen molar-refractivity contribution in [2.45, 2.75) is 19.3 Å². The average molecular weight is 335 g/mol. The minimum atomic E-state index is -0.0333. The van der Waals surface area contributed by atoms with Crippen LogP contribution in [0.5, 0.6) is 11.5 Å². The molecule has 3 aromatic carbocycles. The summed E-state index contributed by atoms with van der Waals surface area (Å²) in [6, 6.07) is 23.3. The topological polar surface area (TPSA) is 22.1 Å². The molecule has 1 aliphatic carbocycles. The number of aromatic nitrogens is 1. The van der Waals surface area contributed by atoms with Gasteiger partial charge in [-0.2, -0.15) is 0 Å². The van der Waals surface area contributed by atoms with Gasteiger partial charge in [0.1, 0.15) is 11.4 Å². The normalized spacial score (nSPS) is 15.2. The highest BCUT2D eigenvalue weighted by Gasteiger charge is 2.40. The molecule has 124 valence electrons. The lowest BCUT2D eigenvalue weighted by Crippen LogP contribution is -2.15. The van der Waals surface area contributed by atoms with Crippen LogP contribution >= 0.6 is 0 Å². The second kappa shape index (κ2) is 4.53. The number of nitrogens with zero attached hydrogens (tertiary/aromatic N) is 1. The monoisotopic (exact) mass is 335 g/mol. The van der Waals surface area contributed by atoms with Gasteiger partial charge in [0.15, 0.2) is 5.75 Å². The Labute approximate surface area is 152 Å². The number of hydrogen-bond donors (Lipinski definition) is 0. The van der Waals surface area contributed by atoms with Crippen molar-refractivity contribution in [3.8, 4) is 33.9 Å². The van der Waals surface area contributed by atoms with Crippen LogP contribution in [-0.4, -0.2) is 4.98 Å². The zero-order valence-corrected chi connectivity index (χ0v) is 14.7. The van der Waals surface area contributed by atoms with Crippen LogP contribution in [0.3, 0.4) is 0 Å². The van der Waals surface area contributed by atoms with Gasteiger partial charge in [0.2, 0.25) is 0 Å². The lowest BCUT2D eigenvalue weighted by atomic mass is 9.82. The standard InChI is InChI=1S/C24H17NO/c1-24(2)16-9-5-8-15-21(16)22-17(24)10-6-12-19(22)26-20-13-14-7-3-4-11-18(14)25-23(15)20/h3-13H,1-2H3. The molecular formula is C24H17NO. The van der Waals surface area contributed by atoms with Crippen LogP contribution in [0.1, 0.15) is 25.0 Å². The van der Waals surface area contributed by atoms with Gasteiger partial charge >= 0.3 is 0 Å². The molecule has 2 heteroatoms. The quantitative estimate of drug-likeness (QED) is 0.331. The van der Waals surface area contributed by atoms with Crippen LogP contribution in [-0.2, 0) is 5.41 Å². The fourth-order valence-electron chi connectivity index (χ4n) is 4.57. The van der Waals surface area contributed by atoms with E-state index in [1.54, 1.807) is 0 Å². The molecule has 26 heavy (non-hydrogen) atoms. The van der Waals surface area contributed by atoms with Gasteiger partial charge in [0.05, 0.1) is 5.52 Å². The van der Waals surface area contributed by atoms with Crippen molar-refractivity contribution in [2.24, 2.45) is 0 Å². The summed E-state index contributed by atoms with van der Waals surface area (Å²) < 4.78 is 6.44. The number of rotatable bonds is 0. The van der Waals surface area contributed by atoms with Crippen LogP contribution in [0.4, 0.5) is 0 Å². The van der Waals surface area contributed by atoms with E-state index in [2.05, 4.69) is 68.4 Å². The van der Waals surface area contributed by atoms with E-state index < -0.39 is 0 Å². The van der Waals surface area contributed by atoms with E-state index in [9.17, 15) is 0 Å². The summed E-state index contributed by atoms with van der Waals surface area (Å²) in [7, 11) is 0. The highest BCUT2D eigenvalue weighted by atomic mass is 16.5. The molecule has 1 aliphatic heterocycles. The summed E-state index contributed by atoms with van der Waals surface area (Å²) in [5, 5.41) is 1.10. The van der Waals surface area contributed by atoms with Gasteiger partial charge in [0, 0.05) is 21.9 Å². The molecular weight excluding hydrogens is 318 g/mol. The maximum atomic E-state index is 6.44. The van der Waals surface area contributed by atoms with E-state index in [4.69, 9.17) is 9.72 Å². The van der Waals surface area contributed by atoms with Crippen LogP contribution < -0.4 is 4.74 Å². The predicted octanol–water partition coefficient (Wildman–Crippen LogP) is 6.31. The minimum Gasteiger partial charge on any atom is -0.454 e. The number of ether oxygens (including phenoxy) is 1. The summed E-state index contributed by atoms with van der Waals surface area (Å²) in [5.74, 6) is 1.76. The molecule has 0 spiro atoms. The summed E-state index contributed by atoms with van der Waals surface area (Å²) in [4.78, 5) is 4.99. The third kappa shape index (κ3) is 1.60. The summed E-state index contributed by atoms with van der Waals surface area (Å²) in [6.45, 7) is 4.59. The van der Waals surface area contributed by atoms with Crippen molar-refractivity contribution in [1.29, 1.82) is 0 Å². The molecule has 2 nitrogen and oxygen atoms in total. The molecule has 0 fully saturated rings. The molecule has 0 saturated heterocycles. The van der Waals surface area contributed by atoms with Gasteiger partial charge in [-0.3, -0.25) is 0 Å². The number of para-hydroxylation sites is 1. The first-order chi connectivity index (χ1) is 12.6. The van der Waals surface area contributed by atoms with Crippen molar-refractivity contribution in [2.75, 3.05) is 0 Å². The van der Waals surface area contributed by atoms with Crippen molar-refractivity contribution in [3.05, 3.63) is 77.9 Å². The Balaban J connectivity index is 1.81. The Morgan fingerprint density at radius 3 is 2.42 bits per heavy atom.